The van der Waals surface area contributed by atoms with E-state index in [0.29, 0.717) is 0 Å². The van der Waals surface area contributed by atoms with Gasteiger partial charge in [-0.05, 0) is 0 Å². The van der Waals surface area contributed by atoms with Crippen molar-refractivity contribution >= 4 is 60.8 Å². The zero-order valence-corrected chi connectivity index (χ0v) is 28.8. The molecule has 0 aromatic carbocycles. The van der Waals surface area contributed by atoms with E-state index in [2.05, 4.69) is 0 Å². The quantitative estimate of drug-likeness (QED) is 0.0699. The van der Waals surface area contributed by atoms with Crippen LogP contribution in [0.1, 0.15) is 0 Å². The van der Waals surface area contributed by atoms with Crippen molar-refractivity contribution in [3.63, 3.8) is 0 Å². The predicted molar refractivity (Wildman–Crippen MR) is 125 cm³/mol. The predicted octanol–water partition coefficient (Wildman–Crippen LogP) is -3.85. The molecule has 0 aliphatic rings. The van der Waals surface area contributed by atoms with Gasteiger partial charge in [-0.1, -0.05) is 0 Å². The minimum absolute atomic E-state index is 0. The van der Waals surface area contributed by atoms with Gasteiger partial charge in [0.05, 0.1) is 0 Å². The molecule has 0 saturated carbocycles. The minimum Gasteiger partial charge on any atom is -0.323 e. The largest absolute Gasteiger partial charge is 0.355 e. The van der Waals surface area contributed by atoms with Crippen LogP contribution in [0.4, 0.5) is 0 Å². The first-order chi connectivity index (χ1) is 17.0. The summed E-state index contributed by atoms with van der Waals surface area (Å²) in [6, 6.07) is 0. The first-order valence-electron chi connectivity index (χ1n) is 8.89. The van der Waals surface area contributed by atoms with Gasteiger partial charge in [0, 0.05) is 53.5 Å². The Morgan fingerprint density at radius 2 is 0.415 bits per heavy atom. The van der Waals surface area contributed by atoms with E-state index in [4.69, 9.17) is 0 Å². The van der Waals surface area contributed by atoms with E-state index in [1.54, 1.807) is 0 Å². The Hall–Kier alpha value is 2.46. The Morgan fingerprint density at radius 1 is 0.317 bits per heavy atom. The molecule has 0 heterocycles. The van der Waals surface area contributed by atoms with E-state index in [9.17, 15) is 115 Å². The fraction of sp³-hybridized carbons (Fsp3) is 1.00. The summed E-state index contributed by atoms with van der Waals surface area (Å²) in [4.78, 5) is 149. The summed E-state index contributed by atoms with van der Waals surface area (Å²) in [6.07, 6.45) is 0. The van der Waals surface area contributed by atoms with Crippen molar-refractivity contribution in [3.05, 3.63) is 0 Å². The van der Waals surface area contributed by atoms with Gasteiger partial charge >= 0.3 is 60.8 Å². The van der Waals surface area contributed by atoms with E-state index in [0.717, 1.165) is 0 Å². The van der Waals surface area contributed by atoms with Crippen molar-refractivity contribution in [2.45, 2.75) is 22.1 Å². The molecule has 26 nitrogen and oxygen atoms in total. The molecule has 0 radical (unpaired) electrons. The minimum atomic E-state index is -6.54. The van der Waals surface area contributed by atoms with Crippen molar-refractivity contribution in [2.75, 3.05) is 13.1 Å². The first kappa shape index (κ1) is 45.6. The molecule has 0 aliphatic carbocycles. The SMILES string of the molecule is O=P(O)(O)C(N(CCN(C(P(=O)(O)O)P(=O)(O)O)C(P(=O)(O)O)P(=O)(O)O)C(P(=O)(O)O)P(=O)(O)O)P(=O)(O)O.[153Sm]. The van der Waals surface area contributed by atoms with Crippen LogP contribution in [0, 0.1) is 40.4 Å². The van der Waals surface area contributed by atoms with E-state index in [1.165, 1.54) is 0 Å². The van der Waals surface area contributed by atoms with Crippen molar-refractivity contribution in [3.8, 4) is 0 Å². The topological polar surface area (TPSA) is 467 Å². The molecule has 0 atom stereocenters. The summed E-state index contributed by atoms with van der Waals surface area (Å²) in [6.45, 7) is -4.54. The molecular weight excluding hydrogens is 885 g/mol. The van der Waals surface area contributed by atoms with Gasteiger partial charge in [-0.25, -0.2) is 0 Å². The second-order valence-electron chi connectivity index (χ2n) is 7.57. The van der Waals surface area contributed by atoms with Crippen molar-refractivity contribution in [2.24, 2.45) is 0 Å². The summed E-state index contributed by atoms with van der Waals surface area (Å²) < 4.78 is 95.0. The van der Waals surface area contributed by atoms with Crippen LogP contribution in [0.25, 0.3) is 0 Å². The molecule has 0 aliphatic heterocycles. The van der Waals surface area contributed by atoms with Crippen LogP contribution >= 0.6 is 60.8 Å². The van der Waals surface area contributed by atoms with Gasteiger partial charge in [0.1, 0.15) is 0 Å². The van der Waals surface area contributed by atoms with E-state index in [1.807, 2.05) is 0 Å². The summed E-state index contributed by atoms with van der Waals surface area (Å²) in [7, 11) is -52.3. The second kappa shape index (κ2) is 14.7. The van der Waals surface area contributed by atoms with Crippen LogP contribution in [0.15, 0.2) is 0 Å². The first-order valence-corrected chi connectivity index (χ1v) is 22.3. The third-order valence-electron chi connectivity index (χ3n) is 4.21. The standard InChI is InChI=1S/C6H24N2O24P8.Sm/c9-33(10,11)3(34(12,13)14)7(4(35(15,16)17)36(18,19)20)1-2-8(5(37(21,22)23)38(24,25)26)6(39(27,28)29)40(30,31)32;/h3-6H,1-2H2,(H2,9,10,11)(H2,12,13,14)(H2,15,16,17)(H2,18,19,20)(H2,21,22,23)(H2,24,25,26)(H2,27,28,29)(H2,30,31,32);/i;1+3. The molecule has 0 unspecified atom stereocenters. The molecule has 0 amide bonds. The van der Waals surface area contributed by atoms with Gasteiger partial charge in [0.2, 0.25) is 22.1 Å². The zero-order chi connectivity index (χ0) is 32.9. The van der Waals surface area contributed by atoms with Crippen molar-refractivity contribution in [1.29, 1.82) is 0 Å². The van der Waals surface area contributed by atoms with Crippen LogP contribution in [-0.2, 0) is 36.5 Å². The van der Waals surface area contributed by atoms with Crippen molar-refractivity contribution < 1.29 is 155 Å². The third kappa shape index (κ3) is 13.6. The molecule has 0 rings (SSSR count). The number of nitrogens with zero attached hydrogens (tertiary/aromatic N) is 2. The zero-order valence-electron chi connectivity index (χ0n) is 19.0. The van der Waals surface area contributed by atoms with E-state index >= 15 is 0 Å². The maximum atomic E-state index is 11.9. The Kier molecular flexibility index (Phi) is 16.3. The van der Waals surface area contributed by atoms with Crippen LogP contribution in [0.5, 0.6) is 0 Å². The van der Waals surface area contributed by atoms with Crippen LogP contribution in [-0.4, -0.2) is 123 Å². The summed E-state index contributed by atoms with van der Waals surface area (Å²) in [5.41, 5.74) is -15.9. The summed E-state index contributed by atoms with van der Waals surface area (Å²) in [5, 5.41) is 0. The molecule has 0 bridgehead atoms. The maximum Gasteiger partial charge on any atom is 0.355 e. The molecule has 35 heteroatoms. The third-order valence-corrected chi connectivity index (χ3v) is 18.6. The average Bonchev–Trinajstić information content (AvgIpc) is 2.48. The molecule has 0 spiro atoms. The Morgan fingerprint density at radius 3 is 0.488 bits per heavy atom. The fourth-order valence-corrected chi connectivity index (χ4v) is 15.5. The number of hydrogen-bond donors (Lipinski definition) is 16. The van der Waals surface area contributed by atoms with Crippen molar-refractivity contribution in [1.82, 2.24) is 9.80 Å². The Bertz CT molecular complexity index is 1020. The second-order valence-corrected chi connectivity index (χ2v) is 22.5. The summed E-state index contributed by atoms with van der Waals surface area (Å²) in [5.74, 6) is 0. The molecule has 0 saturated heterocycles. The van der Waals surface area contributed by atoms with Gasteiger partial charge in [0.15, 0.2) is 0 Å². The molecular formula is C6H24N2O24P8Sm. The van der Waals surface area contributed by atoms with Crippen LogP contribution < -0.4 is 0 Å². The average molecular weight is 909 g/mol. The van der Waals surface area contributed by atoms with E-state index in [-0.39, 0.29) is 40.4 Å². The smallest absolute Gasteiger partial charge is 0.323 e. The van der Waals surface area contributed by atoms with Gasteiger partial charge in [-0.2, -0.15) is 0 Å². The Labute approximate surface area is 259 Å². The van der Waals surface area contributed by atoms with Gasteiger partial charge in [-0.15, -0.1) is 0 Å². The maximum absolute atomic E-state index is 11.9. The van der Waals surface area contributed by atoms with Gasteiger partial charge in [-0.3, -0.25) is 46.3 Å². The molecule has 0 fully saturated rings. The van der Waals surface area contributed by atoms with Crippen LogP contribution in [0.3, 0.4) is 0 Å². The van der Waals surface area contributed by atoms with E-state index < -0.39 is 106 Å². The molecule has 0 aromatic heterocycles. The normalized spacial score (nSPS) is 15.5. The number of rotatable bonds is 15. The number of hydrogen-bond acceptors (Lipinski definition) is 10. The monoisotopic (exact) mass is 909 g/mol. The van der Waals surface area contributed by atoms with Crippen LogP contribution in [0.2, 0.25) is 0 Å². The summed E-state index contributed by atoms with van der Waals surface area (Å²) >= 11 is 0. The molecule has 16 N–H and O–H groups in total. The molecule has 41 heavy (non-hydrogen) atoms. The molecule has 248 valence electrons. The molecule has 0 aromatic rings. The van der Waals surface area contributed by atoms with Gasteiger partial charge in [0.25, 0.3) is 0 Å². The fourth-order valence-electron chi connectivity index (χ4n) is 3.26. The van der Waals surface area contributed by atoms with Gasteiger partial charge < -0.3 is 78.3 Å². The Balaban J connectivity index is 0.